The first-order valence-corrected chi connectivity index (χ1v) is 9.59. The molecular weight excluding hydrogens is 382 g/mol. The number of ketones is 1. The summed E-state index contributed by atoms with van der Waals surface area (Å²) in [4.78, 5) is 32.8. The minimum absolute atomic E-state index is 0.0619. The lowest BCUT2D eigenvalue weighted by Gasteiger charge is -2.21. The van der Waals surface area contributed by atoms with Crippen LogP contribution in [0.2, 0.25) is 0 Å². The van der Waals surface area contributed by atoms with Gasteiger partial charge in [-0.3, -0.25) is 4.79 Å². The minimum atomic E-state index is -0.586. The molecule has 1 atom stereocenters. The van der Waals surface area contributed by atoms with Crippen LogP contribution in [0.4, 0.5) is 10.6 Å². The van der Waals surface area contributed by atoms with Crippen LogP contribution in [0.5, 0.6) is 0 Å². The van der Waals surface area contributed by atoms with E-state index < -0.39 is 11.7 Å². The smallest absolute Gasteiger partial charge is 0.408 e. The summed E-state index contributed by atoms with van der Waals surface area (Å²) >= 11 is 0. The van der Waals surface area contributed by atoms with Gasteiger partial charge >= 0.3 is 6.09 Å². The summed E-state index contributed by atoms with van der Waals surface area (Å²) in [6.45, 7) is 5.40. The maximum atomic E-state index is 12.4. The van der Waals surface area contributed by atoms with Crippen molar-refractivity contribution in [1.29, 1.82) is 5.41 Å². The highest BCUT2D eigenvalue weighted by Crippen LogP contribution is 2.25. The predicted molar refractivity (Wildman–Crippen MR) is 114 cm³/mol. The number of hydrogen-bond donors (Lipinski definition) is 3. The molecule has 8 nitrogen and oxygen atoms in total. The van der Waals surface area contributed by atoms with E-state index in [1.165, 1.54) is 12.4 Å². The van der Waals surface area contributed by atoms with Crippen LogP contribution in [0.15, 0.2) is 53.9 Å². The van der Waals surface area contributed by atoms with Gasteiger partial charge in [-0.05, 0) is 38.0 Å². The maximum Gasteiger partial charge on any atom is 0.408 e. The van der Waals surface area contributed by atoms with Crippen LogP contribution in [0.3, 0.4) is 0 Å². The molecule has 0 aromatic carbocycles. The molecule has 1 amide bonds. The van der Waals surface area contributed by atoms with Gasteiger partial charge in [0.05, 0.1) is 17.4 Å². The number of amides is 1. The molecule has 0 saturated heterocycles. The van der Waals surface area contributed by atoms with Crippen LogP contribution >= 0.6 is 0 Å². The number of rotatable bonds is 2. The molecule has 2 aliphatic rings. The van der Waals surface area contributed by atoms with Crippen LogP contribution in [-0.4, -0.2) is 39.2 Å². The second-order valence-electron chi connectivity index (χ2n) is 8.09. The largest absolute Gasteiger partial charge is 0.444 e. The van der Waals surface area contributed by atoms with Gasteiger partial charge in [-0.1, -0.05) is 30.4 Å². The summed E-state index contributed by atoms with van der Waals surface area (Å²) in [6.07, 6.45) is 11.9. The van der Waals surface area contributed by atoms with Crippen LogP contribution in [0, 0.1) is 5.41 Å². The number of nitrogens with zero attached hydrogens (tertiary/aromatic N) is 2. The molecule has 0 saturated carbocycles. The zero-order valence-electron chi connectivity index (χ0n) is 17.2. The molecule has 3 rings (SSSR count). The zero-order valence-corrected chi connectivity index (χ0v) is 17.2. The fraction of sp³-hybridized carbons (Fsp3) is 0.318. The van der Waals surface area contributed by atoms with Crippen molar-refractivity contribution in [2.75, 3.05) is 5.73 Å². The van der Waals surface area contributed by atoms with E-state index in [4.69, 9.17) is 15.9 Å². The molecule has 0 spiro atoms. The minimum Gasteiger partial charge on any atom is -0.444 e. The zero-order chi connectivity index (χ0) is 21.9. The average Bonchev–Trinajstić information content (AvgIpc) is 2.86. The van der Waals surface area contributed by atoms with E-state index >= 15 is 0 Å². The molecule has 1 aromatic heterocycles. The molecule has 4 N–H and O–H groups in total. The van der Waals surface area contributed by atoms with Crippen LogP contribution in [0.25, 0.3) is 0 Å². The maximum absolute atomic E-state index is 12.4. The Morgan fingerprint density at radius 2 is 2.03 bits per heavy atom. The lowest BCUT2D eigenvalue weighted by molar-refractivity contribution is -0.109. The Morgan fingerprint density at radius 3 is 2.77 bits per heavy atom. The third-order valence-corrected chi connectivity index (χ3v) is 4.51. The Morgan fingerprint density at radius 1 is 1.27 bits per heavy atom. The Kier molecular flexibility index (Phi) is 5.96. The number of alkyl carbamates (subject to hydrolysis) is 1. The lowest BCUT2D eigenvalue weighted by Crippen LogP contribution is -2.37. The normalized spacial score (nSPS) is 19.1. The Labute approximate surface area is 175 Å². The van der Waals surface area contributed by atoms with E-state index in [2.05, 4.69) is 15.3 Å². The van der Waals surface area contributed by atoms with Gasteiger partial charge in [0.15, 0.2) is 5.78 Å². The van der Waals surface area contributed by atoms with Crippen LogP contribution < -0.4 is 11.1 Å². The summed E-state index contributed by atoms with van der Waals surface area (Å²) in [5.74, 6) is -0.0874. The van der Waals surface area contributed by atoms with Gasteiger partial charge in [0, 0.05) is 18.4 Å². The van der Waals surface area contributed by atoms with E-state index in [9.17, 15) is 9.59 Å². The van der Waals surface area contributed by atoms with E-state index in [1.807, 2.05) is 30.4 Å². The number of aromatic nitrogens is 2. The Bertz CT molecular complexity index is 1010. The summed E-state index contributed by atoms with van der Waals surface area (Å²) in [6, 6.07) is -0.359. The third-order valence-electron chi connectivity index (χ3n) is 4.51. The van der Waals surface area contributed by atoms with Crippen molar-refractivity contribution in [3.05, 3.63) is 65.2 Å². The molecular formula is C22H25N5O3. The highest BCUT2D eigenvalue weighted by atomic mass is 16.6. The first-order chi connectivity index (χ1) is 14.1. The SMILES string of the molecule is CC(C)(C)OC(=O)NC1C=CC=C(C2=CC(=O)C(=N)Cc3c(N)ncnc3C2)C=C1. The molecule has 30 heavy (non-hydrogen) atoms. The topological polar surface area (TPSA) is 131 Å². The van der Waals surface area contributed by atoms with E-state index in [1.54, 1.807) is 20.8 Å². The quantitative estimate of drug-likeness (QED) is 0.691. The number of anilines is 1. The van der Waals surface area contributed by atoms with Crippen molar-refractivity contribution in [3.63, 3.8) is 0 Å². The number of fused-ring (bicyclic) bond motifs is 1. The number of nitrogens with one attached hydrogen (secondary N) is 2. The van der Waals surface area contributed by atoms with Crippen molar-refractivity contribution in [2.45, 2.75) is 45.3 Å². The highest BCUT2D eigenvalue weighted by Gasteiger charge is 2.22. The number of carbonyl (C=O) groups is 2. The third kappa shape index (κ3) is 5.28. The molecule has 1 heterocycles. The number of hydrogen-bond acceptors (Lipinski definition) is 7. The molecule has 2 aliphatic carbocycles. The second kappa shape index (κ2) is 8.44. The van der Waals surface area contributed by atoms with Gasteiger partial charge in [-0.2, -0.15) is 0 Å². The van der Waals surface area contributed by atoms with Gasteiger partial charge in [0.2, 0.25) is 0 Å². The molecule has 1 unspecified atom stereocenters. The molecule has 0 bridgehead atoms. The number of nitrogen functional groups attached to an aromatic ring is 1. The van der Waals surface area contributed by atoms with E-state index in [0.717, 1.165) is 5.57 Å². The molecule has 156 valence electrons. The number of carbonyl (C=O) groups excluding carboxylic acids is 2. The highest BCUT2D eigenvalue weighted by molar-refractivity contribution is 6.43. The Balaban J connectivity index is 1.83. The van der Waals surface area contributed by atoms with Gasteiger partial charge in [-0.15, -0.1) is 0 Å². The summed E-state index contributed by atoms with van der Waals surface area (Å²) in [5, 5.41) is 10.8. The van der Waals surface area contributed by atoms with Gasteiger partial charge in [0.1, 0.15) is 17.7 Å². The van der Waals surface area contributed by atoms with Crippen molar-refractivity contribution < 1.29 is 14.3 Å². The fourth-order valence-corrected chi connectivity index (χ4v) is 3.10. The first kappa shape index (κ1) is 21.2. The molecule has 8 heteroatoms. The first-order valence-electron chi connectivity index (χ1n) is 9.59. The fourth-order valence-electron chi connectivity index (χ4n) is 3.10. The van der Waals surface area contributed by atoms with Crippen molar-refractivity contribution in [2.24, 2.45) is 0 Å². The summed E-state index contributed by atoms with van der Waals surface area (Å²) in [7, 11) is 0. The van der Waals surface area contributed by atoms with Crippen LogP contribution in [0.1, 0.15) is 32.0 Å². The van der Waals surface area contributed by atoms with Crippen LogP contribution in [-0.2, 0) is 22.4 Å². The molecule has 0 radical (unpaired) electrons. The standard InChI is InChI=1S/C22H25N5O3/c1-22(2,3)30-21(29)27-15-6-4-5-13(7-8-15)14-9-18-16(20(24)26-12-25-18)11-17(23)19(28)10-14/h4-8,10,12,15,23H,9,11H2,1-3H3,(H,27,29)(H2,24,25,26). The van der Waals surface area contributed by atoms with Gasteiger partial charge in [0.25, 0.3) is 0 Å². The molecule has 0 aliphatic heterocycles. The predicted octanol–water partition coefficient (Wildman–Crippen LogP) is 2.62. The summed E-state index contributed by atoms with van der Waals surface area (Å²) in [5.41, 5.74) is 8.10. The lowest BCUT2D eigenvalue weighted by atomic mass is 9.91. The Hall–Kier alpha value is -3.55. The number of allylic oxidation sites excluding steroid dienone is 6. The average molecular weight is 407 g/mol. The number of ether oxygens (including phenoxy) is 1. The van der Waals surface area contributed by atoms with E-state index in [-0.39, 0.29) is 29.8 Å². The second-order valence-corrected chi connectivity index (χ2v) is 8.09. The van der Waals surface area contributed by atoms with Crippen molar-refractivity contribution >= 4 is 23.4 Å². The molecule has 1 aromatic rings. The van der Waals surface area contributed by atoms with Crippen molar-refractivity contribution in [3.8, 4) is 0 Å². The van der Waals surface area contributed by atoms with Gasteiger partial charge < -0.3 is 21.2 Å². The summed E-state index contributed by atoms with van der Waals surface area (Å²) < 4.78 is 5.29. The number of nitrogens with two attached hydrogens (primary N) is 1. The monoisotopic (exact) mass is 407 g/mol. The van der Waals surface area contributed by atoms with Gasteiger partial charge in [-0.25, -0.2) is 14.8 Å². The molecule has 0 fully saturated rings. The van der Waals surface area contributed by atoms with Crippen molar-refractivity contribution in [1.82, 2.24) is 15.3 Å². The van der Waals surface area contributed by atoms with E-state index in [0.29, 0.717) is 23.3 Å².